The lowest BCUT2D eigenvalue weighted by atomic mass is 10.1. The minimum Gasteiger partial charge on any atom is -0.465 e. The van der Waals surface area contributed by atoms with Crippen molar-refractivity contribution in [2.45, 2.75) is 57.6 Å². The lowest BCUT2D eigenvalue weighted by Crippen LogP contribution is -2.34. The Morgan fingerprint density at radius 1 is 1.39 bits per heavy atom. The Bertz CT molecular complexity index is 260. The van der Waals surface area contributed by atoms with Gasteiger partial charge in [-0.3, -0.25) is 9.69 Å². The van der Waals surface area contributed by atoms with Crippen molar-refractivity contribution >= 4 is 5.97 Å². The minimum atomic E-state index is -0.0819. The van der Waals surface area contributed by atoms with Gasteiger partial charge >= 0.3 is 5.97 Å². The number of hydrogen-bond acceptors (Lipinski definition) is 4. The summed E-state index contributed by atoms with van der Waals surface area (Å²) >= 11 is 0. The molecule has 18 heavy (non-hydrogen) atoms. The van der Waals surface area contributed by atoms with Crippen LogP contribution in [0.25, 0.3) is 0 Å². The van der Waals surface area contributed by atoms with Crippen molar-refractivity contribution in [3.63, 3.8) is 0 Å². The number of nitrogens with zero attached hydrogens (tertiary/aromatic N) is 1. The van der Waals surface area contributed by atoms with Crippen LogP contribution in [-0.4, -0.2) is 49.3 Å². The van der Waals surface area contributed by atoms with Gasteiger partial charge in [-0.1, -0.05) is 0 Å². The summed E-state index contributed by atoms with van der Waals surface area (Å²) in [5, 5.41) is 0. The van der Waals surface area contributed by atoms with Gasteiger partial charge in [0.25, 0.3) is 0 Å². The van der Waals surface area contributed by atoms with Crippen LogP contribution in [0.4, 0.5) is 0 Å². The zero-order valence-corrected chi connectivity index (χ0v) is 11.4. The van der Waals surface area contributed by atoms with Gasteiger partial charge < -0.3 is 9.47 Å². The third-order valence-corrected chi connectivity index (χ3v) is 3.70. The van der Waals surface area contributed by atoms with Crippen LogP contribution in [0.15, 0.2) is 0 Å². The number of carbonyl (C=O) groups excluding carboxylic acids is 1. The first-order chi connectivity index (χ1) is 8.79. The van der Waals surface area contributed by atoms with Gasteiger partial charge in [0.05, 0.1) is 19.3 Å². The highest BCUT2D eigenvalue weighted by molar-refractivity contribution is 5.71. The highest BCUT2D eigenvalue weighted by atomic mass is 16.5. The normalized spacial score (nSPS) is 23.6. The molecule has 0 bridgehead atoms. The van der Waals surface area contributed by atoms with Gasteiger partial charge in [0.15, 0.2) is 0 Å². The van der Waals surface area contributed by atoms with Gasteiger partial charge in [0.1, 0.15) is 0 Å². The Labute approximate surface area is 110 Å². The standard InChI is InChI=1S/C14H25NO3/c1-2-17-14(16)11-15(12-7-8-12)9-3-5-13-6-4-10-18-13/h12-13H,2-11H2,1H3. The summed E-state index contributed by atoms with van der Waals surface area (Å²) in [7, 11) is 0. The molecule has 1 saturated heterocycles. The van der Waals surface area contributed by atoms with Gasteiger partial charge in [0, 0.05) is 12.6 Å². The second-order valence-corrected chi connectivity index (χ2v) is 5.28. The molecule has 2 fully saturated rings. The van der Waals surface area contributed by atoms with Crippen LogP contribution in [0, 0.1) is 0 Å². The summed E-state index contributed by atoms with van der Waals surface area (Å²) in [4.78, 5) is 13.8. The van der Waals surface area contributed by atoms with Crippen LogP contribution >= 0.6 is 0 Å². The average Bonchev–Trinajstić information content (AvgIpc) is 3.06. The highest BCUT2D eigenvalue weighted by Gasteiger charge is 2.30. The first kappa shape index (κ1) is 13.8. The highest BCUT2D eigenvalue weighted by Crippen LogP contribution is 2.27. The van der Waals surface area contributed by atoms with Crippen LogP contribution in [-0.2, 0) is 14.3 Å². The molecule has 1 heterocycles. The smallest absolute Gasteiger partial charge is 0.320 e. The number of carbonyl (C=O) groups is 1. The topological polar surface area (TPSA) is 38.8 Å². The average molecular weight is 255 g/mol. The van der Waals surface area contributed by atoms with Crippen molar-refractivity contribution in [3.8, 4) is 0 Å². The first-order valence-electron chi connectivity index (χ1n) is 7.31. The molecule has 0 aromatic carbocycles. The third-order valence-electron chi connectivity index (χ3n) is 3.70. The summed E-state index contributed by atoms with van der Waals surface area (Å²) in [5.74, 6) is -0.0819. The Morgan fingerprint density at radius 2 is 2.22 bits per heavy atom. The van der Waals surface area contributed by atoms with Crippen molar-refractivity contribution in [1.82, 2.24) is 4.90 Å². The largest absolute Gasteiger partial charge is 0.465 e. The molecule has 1 aliphatic heterocycles. The second kappa shape index (κ2) is 7.10. The van der Waals surface area contributed by atoms with E-state index in [0.717, 1.165) is 26.0 Å². The van der Waals surface area contributed by atoms with Gasteiger partial charge in [-0.05, 0) is 52.0 Å². The Morgan fingerprint density at radius 3 is 2.83 bits per heavy atom. The second-order valence-electron chi connectivity index (χ2n) is 5.28. The summed E-state index contributed by atoms with van der Waals surface area (Å²) in [6.07, 6.45) is 7.61. The van der Waals surface area contributed by atoms with Crippen LogP contribution in [0.2, 0.25) is 0 Å². The van der Waals surface area contributed by atoms with E-state index in [2.05, 4.69) is 4.90 Å². The zero-order chi connectivity index (χ0) is 12.8. The maximum absolute atomic E-state index is 11.5. The number of rotatable bonds is 8. The molecule has 0 aromatic rings. The van der Waals surface area contributed by atoms with Gasteiger partial charge in [-0.15, -0.1) is 0 Å². The van der Waals surface area contributed by atoms with Gasteiger partial charge in [0.2, 0.25) is 0 Å². The van der Waals surface area contributed by atoms with E-state index < -0.39 is 0 Å². The van der Waals surface area contributed by atoms with Crippen LogP contribution in [0.5, 0.6) is 0 Å². The molecule has 2 aliphatic rings. The van der Waals surface area contributed by atoms with Gasteiger partial charge in [-0.2, -0.15) is 0 Å². The predicted octanol–water partition coefficient (Wildman–Crippen LogP) is 1.97. The minimum absolute atomic E-state index is 0.0819. The van der Waals surface area contributed by atoms with Crippen molar-refractivity contribution in [2.24, 2.45) is 0 Å². The maximum atomic E-state index is 11.5. The van der Waals surface area contributed by atoms with Crippen molar-refractivity contribution in [3.05, 3.63) is 0 Å². The van der Waals surface area contributed by atoms with Crippen molar-refractivity contribution < 1.29 is 14.3 Å². The molecular formula is C14H25NO3. The van der Waals surface area contributed by atoms with E-state index in [-0.39, 0.29) is 5.97 Å². The molecule has 0 N–H and O–H groups in total. The van der Waals surface area contributed by atoms with Gasteiger partial charge in [-0.25, -0.2) is 0 Å². The van der Waals surface area contributed by atoms with Crippen LogP contribution < -0.4 is 0 Å². The Balaban J connectivity index is 1.64. The Hall–Kier alpha value is -0.610. The van der Waals surface area contributed by atoms with E-state index in [1.807, 2.05) is 6.92 Å². The lowest BCUT2D eigenvalue weighted by molar-refractivity contribution is -0.144. The van der Waals surface area contributed by atoms with E-state index in [9.17, 15) is 4.79 Å². The number of hydrogen-bond donors (Lipinski definition) is 0. The van der Waals surface area contributed by atoms with Crippen molar-refractivity contribution in [2.75, 3.05) is 26.3 Å². The molecule has 1 aliphatic carbocycles. The zero-order valence-electron chi connectivity index (χ0n) is 11.4. The van der Waals surface area contributed by atoms with Crippen LogP contribution in [0.3, 0.4) is 0 Å². The predicted molar refractivity (Wildman–Crippen MR) is 69.4 cm³/mol. The fourth-order valence-corrected chi connectivity index (χ4v) is 2.60. The molecule has 0 amide bonds. The SMILES string of the molecule is CCOC(=O)CN(CCCC1CCCO1)C1CC1. The quantitative estimate of drug-likeness (QED) is 0.622. The molecule has 1 saturated carbocycles. The Kier molecular flexibility index (Phi) is 5.45. The number of esters is 1. The van der Waals surface area contributed by atoms with E-state index in [4.69, 9.17) is 9.47 Å². The summed E-state index contributed by atoms with van der Waals surface area (Å²) in [6, 6.07) is 0.624. The maximum Gasteiger partial charge on any atom is 0.320 e. The molecule has 1 unspecified atom stereocenters. The van der Waals surface area contributed by atoms with Crippen molar-refractivity contribution in [1.29, 1.82) is 0 Å². The molecule has 0 radical (unpaired) electrons. The van der Waals surface area contributed by atoms with Crippen LogP contribution in [0.1, 0.15) is 45.4 Å². The molecule has 1 atom stereocenters. The monoisotopic (exact) mass is 255 g/mol. The summed E-state index contributed by atoms with van der Waals surface area (Å²) in [5.41, 5.74) is 0. The molecule has 4 heteroatoms. The van der Waals surface area contributed by atoms with E-state index in [1.54, 1.807) is 0 Å². The molecule has 104 valence electrons. The fraction of sp³-hybridized carbons (Fsp3) is 0.929. The fourth-order valence-electron chi connectivity index (χ4n) is 2.60. The molecular weight excluding hydrogens is 230 g/mol. The van der Waals surface area contributed by atoms with E-state index >= 15 is 0 Å². The molecule has 0 spiro atoms. The van der Waals surface area contributed by atoms with E-state index in [0.29, 0.717) is 25.3 Å². The molecule has 0 aromatic heterocycles. The molecule has 4 nitrogen and oxygen atoms in total. The summed E-state index contributed by atoms with van der Waals surface area (Å²) < 4.78 is 10.6. The first-order valence-corrected chi connectivity index (χ1v) is 7.31. The third kappa shape index (κ3) is 4.58. The molecule has 2 rings (SSSR count). The lowest BCUT2D eigenvalue weighted by Gasteiger charge is -2.21. The number of ether oxygens (including phenoxy) is 2. The van der Waals surface area contributed by atoms with E-state index in [1.165, 1.54) is 25.7 Å². The summed E-state index contributed by atoms with van der Waals surface area (Å²) in [6.45, 7) is 4.73.